The standard InChI is InChI=1S/C17H12ClF2NO6S/c18-14-5-4-13(28-14)10(22)2-6-16(24)25-8-15(23)21-9-1-3-11-12(7-9)27-17(19,20)26-11/h1,3-5,7H,2,6,8H2,(H,21,23). The fourth-order valence-corrected chi connectivity index (χ4v) is 3.26. The summed E-state index contributed by atoms with van der Waals surface area (Å²) in [5.41, 5.74) is 0.158. The molecule has 0 atom stereocenters. The highest BCUT2D eigenvalue weighted by atomic mass is 35.5. The fraction of sp³-hybridized carbons (Fsp3) is 0.235. The lowest BCUT2D eigenvalue weighted by molar-refractivity contribution is -0.286. The van der Waals surface area contributed by atoms with Crippen molar-refractivity contribution in [3.63, 3.8) is 0 Å². The third-order valence-corrected chi connectivity index (χ3v) is 4.73. The van der Waals surface area contributed by atoms with E-state index in [0.717, 1.165) is 17.4 Å². The molecule has 2 heterocycles. The van der Waals surface area contributed by atoms with E-state index in [4.69, 9.17) is 16.3 Å². The van der Waals surface area contributed by atoms with Crippen LogP contribution in [0.25, 0.3) is 0 Å². The van der Waals surface area contributed by atoms with E-state index in [1.54, 1.807) is 12.1 Å². The number of esters is 1. The first-order valence-electron chi connectivity index (χ1n) is 7.86. The van der Waals surface area contributed by atoms with Gasteiger partial charge in [-0.25, -0.2) is 0 Å². The normalized spacial score (nSPS) is 13.8. The van der Waals surface area contributed by atoms with E-state index in [1.165, 1.54) is 12.1 Å². The van der Waals surface area contributed by atoms with Crippen LogP contribution in [0.15, 0.2) is 30.3 Å². The Morgan fingerprint density at radius 2 is 1.86 bits per heavy atom. The lowest BCUT2D eigenvalue weighted by atomic mass is 10.2. The number of amides is 1. The fourth-order valence-electron chi connectivity index (χ4n) is 2.24. The smallest absolute Gasteiger partial charge is 0.456 e. The number of alkyl halides is 2. The number of rotatable bonds is 7. The molecule has 0 spiro atoms. The molecule has 1 aliphatic heterocycles. The summed E-state index contributed by atoms with van der Waals surface area (Å²) in [7, 11) is 0. The summed E-state index contributed by atoms with van der Waals surface area (Å²) in [6.45, 7) is -0.595. The molecule has 2 aromatic rings. The molecule has 148 valence electrons. The van der Waals surface area contributed by atoms with Gasteiger partial charge in [-0.1, -0.05) is 11.6 Å². The highest BCUT2D eigenvalue weighted by Crippen LogP contribution is 2.42. The minimum atomic E-state index is -3.76. The molecule has 0 unspecified atom stereocenters. The number of Topliss-reactive ketones (excluding diaryl/α,β-unsaturated/α-hetero) is 1. The average molecular weight is 432 g/mol. The van der Waals surface area contributed by atoms with Crippen LogP contribution in [0.3, 0.4) is 0 Å². The molecule has 1 aromatic carbocycles. The van der Waals surface area contributed by atoms with Crippen LogP contribution in [-0.4, -0.2) is 30.6 Å². The van der Waals surface area contributed by atoms with Crippen LogP contribution in [0, 0.1) is 0 Å². The van der Waals surface area contributed by atoms with Crippen LogP contribution < -0.4 is 14.8 Å². The molecule has 0 radical (unpaired) electrons. The summed E-state index contributed by atoms with van der Waals surface area (Å²) in [6.07, 6.45) is -4.03. The molecule has 0 saturated carbocycles. The summed E-state index contributed by atoms with van der Waals surface area (Å²) >= 11 is 6.85. The number of benzene rings is 1. The van der Waals surface area contributed by atoms with Gasteiger partial charge in [0.05, 0.1) is 15.6 Å². The van der Waals surface area contributed by atoms with E-state index < -0.39 is 24.8 Å². The Balaban J connectivity index is 1.42. The zero-order valence-electron chi connectivity index (χ0n) is 14.0. The number of fused-ring (bicyclic) bond motifs is 1. The van der Waals surface area contributed by atoms with Crippen LogP contribution in [0.2, 0.25) is 4.34 Å². The van der Waals surface area contributed by atoms with Gasteiger partial charge in [0.2, 0.25) is 0 Å². The second-order valence-electron chi connectivity index (χ2n) is 5.56. The number of hydrogen-bond acceptors (Lipinski definition) is 7. The van der Waals surface area contributed by atoms with Crippen molar-refractivity contribution in [1.29, 1.82) is 0 Å². The Morgan fingerprint density at radius 3 is 2.57 bits per heavy atom. The molecule has 0 aliphatic carbocycles. The van der Waals surface area contributed by atoms with Gasteiger partial charge < -0.3 is 19.5 Å². The Labute approximate surface area is 166 Å². The van der Waals surface area contributed by atoms with Crippen LogP contribution >= 0.6 is 22.9 Å². The molecular weight excluding hydrogens is 420 g/mol. The first-order valence-corrected chi connectivity index (χ1v) is 9.05. The number of ether oxygens (including phenoxy) is 3. The van der Waals surface area contributed by atoms with Crippen molar-refractivity contribution in [2.24, 2.45) is 0 Å². The lowest BCUT2D eigenvalue weighted by Gasteiger charge is -2.07. The van der Waals surface area contributed by atoms with Crippen molar-refractivity contribution in [2.45, 2.75) is 19.1 Å². The van der Waals surface area contributed by atoms with Crippen LogP contribution in [0.1, 0.15) is 22.5 Å². The van der Waals surface area contributed by atoms with Gasteiger partial charge in [-0.2, -0.15) is 0 Å². The van der Waals surface area contributed by atoms with Crippen molar-refractivity contribution in [2.75, 3.05) is 11.9 Å². The molecule has 0 bridgehead atoms. The van der Waals surface area contributed by atoms with Gasteiger partial charge in [0.25, 0.3) is 5.91 Å². The molecule has 11 heteroatoms. The molecule has 7 nitrogen and oxygen atoms in total. The van der Waals surface area contributed by atoms with Gasteiger partial charge in [-0.3, -0.25) is 14.4 Å². The molecule has 1 aliphatic rings. The SMILES string of the molecule is O=C(COC(=O)CCC(=O)c1ccc(Cl)s1)Nc1ccc2c(c1)OC(F)(F)O2. The number of halogens is 3. The van der Waals surface area contributed by atoms with E-state index in [0.29, 0.717) is 9.21 Å². The first-order chi connectivity index (χ1) is 13.2. The topological polar surface area (TPSA) is 90.9 Å². The number of anilines is 1. The second kappa shape index (κ2) is 8.11. The monoisotopic (exact) mass is 431 g/mol. The van der Waals surface area contributed by atoms with Gasteiger partial charge in [-0.05, 0) is 24.3 Å². The number of hydrogen-bond donors (Lipinski definition) is 1. The summed E-state index contributed by atoms with van der Waals surface area (Å²) < 4.78 is 39.7. The Bertz CT molecular complexity index is 932. The van der Waals surface area contributed by atoms with Crippen molar-refractivity contribution in [3.8, 4) is 11.5 Å². The zero-order chi connectivity index (χ0) is 20.3. The summed E-state index contributed by atoms with van der Waals surface area (Å²) in [4.78, 5) is 35.8. The van der Waals surface area contributed by atoms with E-state index >= 15 is 0 Å². The van der Waals surface area contributed by atoms with Crippen molar-refractivity contribution in [1.82, 2.24) is 0 Å². The number of carbonyl (C=O) groups is 3. The molecule has 1 N–H and O–H groups in total. The molecule has 0 fully saturated rings. The predicted octanol–water partition coefficient (Wildman–Crippen LogP) is 3.87. The molecule has 28 heavy (non-hydrogen) atoms. The quantitative estimate of drug-likeness (QED) is 0.528. The molecular formula is C17H12ClF2NO6S. The molecule has 1 amide bonds. The minimum absolute atomic E-state index is 0.0757. The average Bonchev–Trinajstić information content (AvgIpc) is 3.18. The first kappa shape index (κ1) is 20.0. The van der Waals surface area contributed by atoms with Crippen molar-refractivity contribution >= 4 is 46.3 Å². The Hall–Kier alpha value is -2.72. The lowest BCUT2D eigenvalue weighted by Crippen LogP contribution is -2.25. The van der Waals surface area contributed by atoms with Gasteiger partial charge in [0, 0.05) is 18.2 Å². The summed E-state index contributed by atoms with van der Waals surface area (Å²) in [5, 5.41) is 2.37. The van der Waals surface area contributed by atoms with Crippen LogP contribution in [0.4, 0.5) is 14.5 Å². The third kappa shape index (κ3) is 5.17. The largest absolute Gasteiger partial charge is 0.586 e. The van der Waals surface area contributed by atoms with Gasteiger partial charge in [-0.15, -0.1) is 20.1 Å². The predicted molar refractivity (Wildman–Crippen MR) is 95.1 cm³/mol. The van der Waals surface area contributed by atoms with E-state index in [9.17, 15) is 23.2 Å². The molecule has 0 saturated heterocycles. The number of thiophene rings is 1. The van der Waals surface area contributed by atoms with E-state index in [1.807, 2.05) is 0 Å². The highest BCUT2D eigenvalue weighted by molar-refractivity contribution is 7.18. The molecule has 1 aromatic heterocycles. The second-order valence-corrected chi connectivity index (χ2v) is 7.28. The highest BCUT2D eigenvalue weighted by Gasteiger charge is 2.43. The van der Waals surface area contributed by atoms with Crippen LogP contribution in [-0.2, 0) is 14.3 Å². The Morgan fingerprint density at radius 1 is 1.11 bits per heavy atom. The van der Waals surface area contributed by atoms with Crippen LogP contribution in [0.5, 0.6) is 11.5 Å². The maximum Gasteiger partial charge on any atom is 0.586 e. The van der Waals surface area contributed by atoms with Crippen molar-refractivity contribution in [3.05, 3.63) is 39.5 Å². The van der Waals surface area contributed by atoms with Crippen molar-refractivity contribution < 1.29 is 37.4 Å². The maximum atomic E-state index is 13.0. The van der Waals surface area contributed by atoms with Gasteiger partial charge in [0.15, 0.2) is 23.9 Å². The van der Waals surface area contributed by atoms with E-state index in [2.05, 4.69) is 14.8 Å². The molecule has 3 rings (SSSR count). The number of carbonyl (C=O) groups excluding carboxylic acids is 3. The number of nitrogens with one attached hydrogen (secondary N) is 1. The maximum absolute atomic E-state index is 13.0. The summed E-state index contributed by atoms with van der Waals surface area (Å²) in [6, 6.07) is 6.84. The van der Waals surface area contributed by atoms with E-state index in [-0.39, 0.29) is 35.8 Å². The zero-order valence-corrected chi connectivity index (χ0v) is 15.6. The summed E-state index contributed by atoms with van der Waals surface area (Å²) in [5.74, 6) is -2.06. The minimum Gasteiger partial charge on any atom is -0.456 e. The Kier molecular flexibility index (Phi) is 5.80. The third-order valence-electron chi connectivity index (χ3n) is 3.45. The van der Waals surface area contributed by atoms with Gasteiger partial charge in [0.1, 0.15) is 0 Å². The van der Waals surface area contributed by atoms with Gasteiger partial charge >= 0.3 is 12.3 Å². The number of ketones is 1.